The van der Waals surface area contributed by atoms with Crippen LogP contribution in [0.5, 0.6) is 0 Å². The van der Waals surface area contributed by atoms with E-state index in [1.165, 1.54) is 0 Å². The highest BCUT2D eigenvalue weighted by molar-refractivity contribution is 8.08. The summed E-state index contributed by atoms with van der Waals surface area (Å²) in [6.45, 7) is 6.01. The van der Waals surface area contributed by atoms with Crippen LogP contribution in [-0.2, 0) is 0 Å². The molecule has 3 aromatic carbocycles. The van der Waals surface area contributed by atoms with Gasteiger partial charge in [-0.3, -0.25) is 0 Å². The van der Waals surface area contributed by atoms with Crippen molar-refractivity contribution in [3.63, 3.8) is 0 Å². The van der Waals surface area contributed by atoms with Crippen molar-refractivity contribution in [2.24, 2.45) is 0 Å². The lowest BCUT2D eigenvalue weighted by atomic mass is 10.2. The highest BCUT2D eigenvalue weighted by Gasteiger charge is 2.56. The topological polar surface area (TPSA) is 37.3 Å². The van der Waals surface area contributed by atoms with Crippen molar-refractivity contribution in [3.8, 4) is 0 Å². The molecular formula is C22H22O2P+. The summed E-state index contributed by atoms with van der Waals surface area (Å²) in [5, 5.41) is 13.4. The van der Waals surface area contributed by atoms with Crippen LogP contribution >= 0.6 is 7.26 Å². The number of carbonyl (C=O) groups is 1. The van der Waals surface area contributed by atoms with Gasteiger partial charge in [-0.25, -0.2) is 4.79 Å². The average molecular weight is 349 g/mol. The number of aryl methyl sites for hydroxylation is 3. The lowest BCUT2D eigenvalue weighted by Gasteiger charge is -2.25. The summed E-state index contributed by atoms with van der Waals surface area (Å²) < 4.78 is 0. The van der Waals surface area contributed by atoms with E-state index in [1.807, 2.05) is 93.6 Å². The minimum atomic E-state index is -2.82. The Hall–Kier alpha value is -2.44. The lowest BCUT2D eigenvalue weighted by Crippen LogP contribution is -2.39. The number of carboxylic acid groups (broad SMARTS) is 1. The van der Waals surface area contributed by atoms with Crippen molar-refractivity contribution in [2.75, 3.05) is 0 Å². The maximum Gasteiger partial charge on any atom is 0.464 e. The highest BCUT2D eigenvalue weighted by atomic mass is 31.2. The molecular weight excluding hydrogens is 327 g/mol. The fourth-order valence-electron chi connectivity index (χ4n) is 3.52. The fourth-order valence-corrected chi connectivity index (χ4v) is 7.65. The van der Waals surface area contributed by atoms with Gasteiger partial charge in [0.05, 0.1) is 0 Å². The van der Waals surface area contributed by atoms with Crippen molar-refractivity contribution in [1.82, 2.24) is 0 Å². The summed E-state index contributed by atoms with van der Waals surface area (Å²) in [5.74, 6) is 0. The molecule has 0 atom stereocenters. The first kappa shape index (κ1) is 17.4. The van der Waals surface area contributed by atoms with Crippen molar-refractivity contribution in [3.05, 3.63) is 89.5 Å². The summed E-state index contributed by atoms with van der Waals surface area (Å²) in [4.78, 5) is 12.9. The van der Waals surface area contributed by atoms with E-state index in [0.29, 0.717) is 0 Å². The average Bonchev–Trinajstić information content (AvgIpc) is 2.59. The summed E-state index contributed by atoms with van der Waals surface area (Å²) in [5.41, 5.74) is 2.31. The second-order valence-electron chi connectivity index (χ2n) is 6.31. The lowest BCUT2D eigenvalue weighted by molar-refractivity contribution is 0.221. The minimum absolute atomic E-state index is 0.745. The molecule has 3 rings (SSSR count). The second kappa shape index (κ2) is 6.82. The van der Waals surface area contributed by atoms with Gasteiger partial charge in [-0.2, -0.15) is 0 Å². The Kier molecular flexibility index (Phi) is 4.74. The maximum atomic E-state index is 12.9. The molecule has 126 valence electrons. The Balaban J connectivity index is 2.52. The SMILES string of the molecule is Cc1ccccc1[P+](C(=O)O)(c1ccccc1C)c1ccccc1C. The summed E-state index contributed by atoms with van der Waals surface area (Å²) >= 11 is 0. The molecule has 1 N–H and O–H groups in total. The van der Waals surface area contributed by atoms with Crippen LogP contribution in [0, 0.1) is 20.8 Å². The first-order chi connectivity index (χ1) is 12.0. The molecule has 0 unspecified atom stereocenters. The number of rotatable bonds is 4. The molecule has 0 amide bonds. The molecule has 0 spiro atoms. The van der Waals surface area contributed by atoms with Gasteiger partial charge in [-0.05, 0) is 55.7 Å². The molecule has 0 aliphatic heterocycles. The molecule has 0 aliphatic carbocycles. The molecule has 25 heavy (non-hydrogen) atoms. The molecule has 0 radical (unpaired) electrons. The molecule has 0 fully saturated rings. The summed E-state index contributed by atoms with van der Waals surface area (Å²) in [7, 11) is -2.82. The standard InChI is InChI=1S/C22H21O2P/c1-16-10-4-7-13-19(16)25(22(23)24,20-14-8-5-11-17(20)2)21-15-9-6-12-18(21)3/h4-15H,1-3H3/p+1. The van der Waals surface area contributed by atoms with E-state index in [1.54, 1.807) is 0 Å². The summed E-state index contributed by atoms with van der Waals surface area (Å²) in [6, 6.07) is 23.7. The third-order valence-corrected chi connectivity index (χ3v) is 8.96. The predicted molar refractivity (Wildman–Crippen MR) is 107 cm³/mol. The van der Waals surface area contributed by atoms with E-state index in [9.17, 15) is 9.90 Å². The van der Waals surface area contributed by atoms with Gasteiger partial charge in [0.15, 0.2) is 0 Å². The van der Waals surface area contributed by atoms with E-state index in [4.69, 9.17) is 0 Å². The van der Waals surface area contributed by atoms with E-state index in [0.717, 1.165) is 32.6 Å². The Bertz CT molecular complexity index is 820. The van der Waals surface area contributed by atoms with Crippen molar-refractivity contribution in [2.45, 2.75) is 20.8 Å². The van der Waals surface area contributed by atoms with E-state index in [2.05, 4.69) is 0 Å². The van der Waals surface area contributed by atoms with Gasteiger partial charge in [0.1, 0.15) is 15.9 Å². The van der Waals surface area contributed by atoms with E-state index < -0.39 is 13.0 Å². The van der Waals surface area contributed by atoms with Crippen LogP contribution in [-0.4, -0.2) is 10.8 Å². The third kappa shape index (κ3) is 2.77. The molecule has 3 aromatic rings. The molecule has 0 aliphatic rings. The Labute approximate surface area is 149 Å². The molecule has 2 nitrogen and oxygen atoms in total. The van der Waals surface area contributed by atoms with Crippen LogP contribution in [0.15, 0.2) is 72.8 Å². The van der Waals surface area contributed by atoms with E-state index in [-0.39, 0.29) is 0 Å². The van der Waals surface area contributed by atoms with Crippen LogP contribution in [0.25, 0.3) is 0 Å². The van der Waals surface area contributed by atoms with Gasteiger partial charge in [0.2, 0.25) is 7.26 Å². The van der Waals surface area contributed by atoms with Crippen molar-refractivity contribution >= 4 is 28.9 Å². The maximum absolute atomic E-state index is 12.9. The molecule has 0 saturated carbocycles. The molecule has 3 heteroatoms. The van der Waals surface area contributed by atoms with Crippen molar-refractivity contribution in [1.29, 1.82) is 0 Å². The Morgan fingerprint density at radius 3 is 1.16 bits per heavy atom. The van der Waals surface area contributed by atoms with Crippen LogP contribution < -0.4 is 15.9 Å². The number of hydrogen-bond donors (Lipinski definition) is 1. The zero-order chi connectivity index (χ0) is 18.0. The van der Waals surface area contributed by atoms with E-state index >= 15 is 0 Å². The Morgan fingerprint density at radius 2 is 0.920 bits per heavy atom. The third-order valence-electron chi connectivity index (χ3n) is 4.72. The van der Waals surface area contributed by atoms with Gasteiger partial charge in [0, 0.05) is 0 Å². The number of benzene rings is 3. The van der Waals surface area contributed by atoms with Gasteiger partial charge in [0.25, 0.3) is 0 Å². The smallest absolute Gasteiger partial charge is 0.451 e. The van der Waals surface area contributed by atoms with Crippen LogP contribution in [0.4, 0.5) is 4.79 Å². The Morgan fingerprint density at radius 1 is 0.640 bits per heavy atom. The van der Waals surface area contributed by atoms with Crippen molar-refractivity contribution < 1.29 is 9.90 Å². The van der Waals surface area contributed by atoms with Gasteiger partial charge < -0.3 is 5.11 Å². The number of hydrogen-bond acceptors (Lipinski definition) is 1. The predicted octanol–water partition coefficient (Wildman–Crippen LogP) is 4.58. The molecule has 0 heterocycles. The zero-order valence-electron chi connectivity index (χ0n) is 14.7. The van der Waals surface area contributed by atoms with Gasteiger partial charge in [-0.1, -0.05) is 54.6 Å². The van der Waals surface area contributed by atoms with Crippen LogP contribution in [0.1, 0.15) is 16.7 Å². The van der Waals surface area contributed by atoms with Gasteiger partial charge >= 0.3 is 5.71 Å². The van der Waals surface area contributed by atoms with Crippen LogP contribution in [0.2, 0.25) is 0 Å². The highest BCUT2D eigenvalue weighted by Crippen LogP contribution is 2.57. The van der Waals surface area contributed by atoms with Crippen LogP contribution in [0.3, 0.4) is 0 Å². The molecule has 0 bridgehead atoms. The molecule has 0 saturated heterocycles. The molecule has 0 aromatic heterocycles. The largest absolute Gasteiger partial charge is 0.464 e. The fraction of sp³-hybridized carbons (Fsp3) is 0.136. The monoisotopic (exact) mass is 349 g/mol. The zero-order valence-corrected chi connectivity index (χ0v) is 15.6. The first-order valence-corrected chi connectivity index (χ1v) is 10.1. The van der Waals surface area contributed by atoms with Gasteiger partial charge in [-0.15, -0.1) is 0 Å². The normalized spacial score (nSPS) is 11.3. The summed E-state index contributed by atoms with van der Waals surface area (Å²) in [6.07, 6.45) is 0. The first-order valence-electron chi connectivity index (χ1n) is 8.30. The second-order valence-corrected chi connectivity index (χ2v) is 9.48. The minimum Gasteiger partial charge on any atom is -0.451 e. The quantitative estimate of drug-likeness (QED) is 0.700.